The quantitative estimate of drug-likeness (QED) is 0.876. The number of halogens is 2. The molecule has 1 aromatic rings. The highest BCUT2D eigenvalue weighted by Crippen LogP contribution is 2.36. The van der Waals surface area contributed by atoms with Gasteiger partial charge in [0.15, 0.2) is 0 Å². The van der Waals surface area contributed by atoms with Gasteiger partial charge in [-0.05, 0) is 54.1 Å². The van der Waals surface area contributed by atoms with Crippen molar-refractivity contribution in [2.75, 3.05) is 6.61 Å². The Morgan fingerprint density at radius 1 is 1.59 bits per heavy atom. The molecule has 2 unspecified atom stereocenters. The van der Waals surface area contributed by atoms with Crippen molar-refractivity contribution in [3.05, 3.63) is 19.8 Å². The molecule has 17 heavy (non-hydrogen) atoms. The van der Waals surface area contributed by atoms with E-state index in [0.717, 1.165) is 33.1 Å². The van der Waals surface area contributed by atoms with Crippen molar-refractivity contribution < 1.29 is 4.74 Å². The van der Waals surface area contributed by atoms with Crippen LogP contribution in [0.15, 0.2) is 9.85 Å². The van der Waals surface area contributed by atoms with Crippen molar-refractivity contribution in [1.29, 1.82) is 0 Å². The first-order valence-corrected chi connectivity index (χ1v) is 7.97. The second-order valence-electron chi connectivity index (χ2n) is 4.44. The Hall–Kier alpha value is 0.390. The van der Waals surface area contributed by atoms with Crippen LogP contribution in [-0.4, -0.2) is 12.7 Å². The fourth-order valence-electron chi connectivity index (χ4n) is 2.09. The van der Waals surface area contributed by atoms with Crippen molar-refractivity contribution in [2.24, 2.45) is 5.73 Å². The van der Waals surface area contributed by atoms with E-state index in [-0.39, 0.29) is 6.04 Å². The molecule has 2 nitrogen and oxygen atoms in total. The van der Waals surface area contributed by atoms with E-state index in [0.29, 0.717) is 6.10 Å². The summed E-state index contributed by atoms with van der Waals surface area (Å²) < 4.78 is 6.68. The van der Waals surface area contributed by atoms with Gasteiger partial charge in [-0.15, -0.1) is 11.3 Å². The van der Waals surface area contributed by atoms with E-state index in [1.807, 2.05) is 6.07 Å². The predicted octanol–water partition coefficient (Wildman–Crippen LogP) is 4.51. The van der Waals surface area contributed by atoms with Gasteiger partial charge in [0.2, 0.25) is 0 Å². The lowest BCUT2D eigenvalue weighted by Crippen LogP contribution is -2.21. The van der Waals surface area contributed by atoms with Crippen molar-refractivity contribution in [3.63, 3.8) is 0 Å². The molecule has 1 saturated heterocycles. The molecular weight excluding hydrogens is 322 g/mol. The normalized spacial score (nSPS) is 22.6. The molecule has 0 aromatic carbocycles. The zero-order chi connectivity index (χ0) is 12.3. The van der Waals surface area contributed by atoms with Gasteiger partial charge >= 0.3 is 0 Å². The molecule has 0 aliphatic carbocycles. The third-order valence-electron chi connectivity index (χ3n) is 3.10. The average Bonchev–Trinajstić information content (AvgIpc) is 2.68. The van der Waals surface area contributed by atoms with Crippen LogP contribution in [0.2, 0.25) is 5.02 Å². The lowest BCUT2D eigenvalue weighted by atomic mass is 10.0. The maximum atomic E-state index is 6.17. The fourth-order valence-corrected chi connectivity index (χ4v) is 3.87. The predicted molar refractivity (Wildman–Crippen MR) is 76.8 cm³/mol. The summed E-state index contributed by atoms with van der Waals surface area (Å²) in [5, 5.41) is 0.759. The first kappa shape index (κ1) is 13.8. The van der Waals surface area contributed by atoms with E-state index in [9.17, 15) is 0 Å². The largest absolute Gasteiger partial charge is 0.378 e. The highest BCUT2D eigenvalue weighted by molar-refractivity contribution is 9.11. The van der Waals surface area contributed by atoms with E-state index >= 15 is 0 Å². The van der Waals surface area contributed by atoms with Gasteiger partial charge in [0.05, 0.1) is 14.9 Å². The van der Waals surface area contributed by atoms with Gasteiger partial charge in [0.25, 0.3) is 0 Å². The molecule has 2 atom stereocenters. The number of nitrogens with two attached hydrogens (primary N) is 1. The summed E-state index contributed by atoms with van der Waals surface area (Å²) >= 11 is 11.1. The number of rotatable bonds is 4. The molecule has 2 heterocycles. The smallest absolute Gasteiger partial charge is 0.0887 e. The minimum Gasteiger partial charge on any atom is -0.378 e. The van der Waals surface area contributed by atoms with Crippen LogP contribution in [0.4, 0.5) is 0 Å². The summed E-state index contributed by atoms with van der Waals surface area (Å²) in [6.45, 7) is 0.913. The summed E-state index contributed by atoms with van der Waals surface area (Å²) in [5.41, 5.74) is 6.17. The highest BCUT2D eigenvalue weighted by Gasteiger charge is 2.17. The molecule has 96 valence electrons. The van der Waals surface area contributed by atoms with Crippen LogP contribution in [0.5, 0.6) is 0 Å². The molecule has 0 spiro atoms. The fraction of sp³-hybridized carbons (Fsp3) is 0.667. The number of hydrogen-bond acceptors (Lipinski definition) is 3. The molecule has 1 aromatic heterocycles. The Morgan fingerprint density at radius 2 is 2.41 bits per heavy atom. The SMILES string of the molecule is NC(CCC1CCCCO1)c1cc(Cl)c(Br)s1. The van der Waals surface area contributed by atoms with Gasteiger partial charge in [-0.25, -0.2) is 0 Å². The summed E-state index contributed by atoms with van der Waals surface area (Å²) in [6.07, 6.45) is 6.10. The highest BCUT2D eigenvalue weighted by atomic mass is 79.9. The zero-order valence-corrected chi connectivity index (χ0v) is 12.8. The van der Waals surface area contributed by atoms with Gasteiger partial charge < -0.3 is 10.5 Å². The molecule has 2 rings (SSSR count). The Morgan fingerprint density at radius 3 is 3.00 bits per heavy atom. The van der Waals surface area contributed by atoms with Crippen molar-refractivity contribution in [3.8, 4) is 0 Å². The topological polar surface area (TPSA) is 35.2 Å². The standard InChI is InChI=1S/C12H17BrClNOS/c13-12-9(14)7-11(17-12)10(15)5-4-8-3-1-2-6-16-8/h7-8,10H,1-6,15H2. The van der Waals surface area contributed by atoms with Crippen LogP contribution in [-0.2, 0) is 4.74 Å². The van der Waals surface area contributed by atoms with Crippen LogP contribution in [0.3, 0.4) is 0 Å². The molecule has 2 N–H and O–H groups in total. The van der Waals surface area contributed by atoms with Crippen LogP contribution in [0, 0.1) is 0 Å². The van der Waals surface area contributed by atoms with Gasteiger partial charge in [0, 0.05) is 17.5 Å². The second kappa shape index (κ2) is 6.53. The maximum Gasteiger partial charge on any atom is 0.0887 e. The Kier molecular flexibility index (Phi) is 5.30. The third-order valence-corrected chi connectivity index (χ3v) is 5.71. The minimum absolute atomic E-state index is 0.0781. The van der Waals surface area contributed by atoms with Gasteiger partial charge in [-0.2, -0.15) is 0 Å². The lowest BCUT2D eigenvalue weighted by Gasteiger charge is -2.23. The van der Waals surface area contributed by atoms with Crippen LogP contribution in [0.1, 0.15) is 43.0 Å². The van der Waals surface area contributed by atoms with E-state index in [1.54, 1.807) is 11.3 Å². The van der Waals surface area contributed by atoms with Crippen molar-refractivity contribution in [1.82, 2.24) is 0 Å². The molecule has 0 saturated carbocycles. The Labute approximate surface area is 120 Å². The molecular formula is C12H17BrClNOS. The second-order valence-corrected chi connectivity index (χ2v) is 7.25. The third kappa shape index (κ3) is 3.93. The van der Waals surface area contributed by atoms with Crippen molar-refractivity contribution >= 4 is 38.9 Å². The Balaban J connectivity index is 1.82. The molecule has 1 aliphatic heterocycles. The molecule has 1 aliphatic rings. The minimum atomic E-state index is 0.0781. The molecule has 0 bridgehead atoms. The number of hydrogen-bond donors (Lipinski definition) is 1. The molecule has 0 radical (unpaired) electrons. The van der Waals surface area contributed by atoms with E-state index in [1.165, 1.54) is 19.3 Å². The van der Waals surface area contributed by atoms with Crippen molar-refractivity contribution in [2.45, 2.75) is 44.2 Å². The summed E-state index contributed by atoms with van der Waals surface area (Å²) in [4.78, 5) is 1.15. The van der Waals surface area contributed by atoms with Crippen LogP contribution in [0.25, 0.3) is 0 Å². The van der Waals surface area contributed by atoms with Gasteiger partial charge in [0.1, 0.15) is 0 Å². The first-order valence-electron chi connectivity index (χ1n) is 5.98. The summed E-state index contributed by atoms with van der Waals surface area (Å²) in [7, 11) is 0. The Bertz CT molecular complexity index is 346. The average molecular weight is 339 g/mol. The molecule has 5 heteroatoms. The van der Waals surface area contributed by atoms with E-state index in [4.69, 9.17) is 22.1 Å². The van der Waals surface area contributed by atoms with Gasteiger partial charge in [-0.3, -0.25) is 0 Å². The molecule has 1 fully saturated rings. The van der Waals surface area contributed by atoms with Crippen LogP contribution >= 0.6 is 38.9 Å². The van der Waals surface area contributed by atoms with E-state index in [2.05, 4.69) is 15.9 Å². The van der Waals surface area contributed by atoms with Crippen LogP contribution < -0.4 is 5.73 Å². The number of ether oxygens (including phenoxy) is 1. The van der Waals surface area contributed by atoms with E-state index < -0.39 is 0 Å². The zero-order valence-electron chi connectivity index (χ0n) is 9.62. The summed E-state index contributed by atoms with van der Waals surface area (Å²) in [5.74, 6) is 0. The maximum absolute atomic E-state index is 6.17. The number of thiophene rings is 1. The lowest BCUT2D eigenvalue weighted by molar-refractivity contribution is 0.00917. The molecule has 0 amide bonds. The first-order chi connectivity index (χ1) is 8.16. The van der Waals surface area contributed by atoms with Gasteiger partial charge in [-0.1, -0.05) is 11.6 Å². The summed E-state index contributed by atoms with van der Waals surface area (Å²) in [6, 6.07) is 2.04. The monoisotopic (exact) mass is 337 g/mol.